The molecular weight excluding hydrogens is 299 g/mol. The maximum Gasteiger partial charge on any atom is 0.183 e. The normalized spacial score (nSPS) is 9.95. The number of hydrogen-bond donors (Lipinski definition) is 1. The van der Waals surface area contributed by atoms with Crippen molar-refractivity contribution in [2.75, 3.05) is 6.61 Å². The van der Waals surface area contributed by atoms with Crippen LogP contribution in [-0.4, -0.2) is 11.7 Å². The molecule has 1 heterocycles. The minimum atomic E-state index is -0.548. The molecule has 1 aromatic heterocycles. The summed E-state index contributed by atoms with van der Waals surface area (Å²) in [5.41, 5.74) is 0.869. The second kappa shape index (κ2) is 7.30. The van der Waals surface area contributed by atoms with Gasteiger partial charge in [0.2, 0.25) is 0 Å². The lowest BCUT2D eigenvalue weighted by Crippen LogP contribution is -1.95. The van der Waals surface area contributed by atoms with E-state index >= 15 is 0 Å². The van der Waals surface area contributed by atoms with Crippen LogP contribution in [-0.2, 0) is 6.61 Å². The molecule has 0 spiro atoms. The van der Waals surface area contributed by atoms with Gasteiger partial charge in [-0.1, -0.05) is 29.5 Å². The van der Waals surface area contributed by atoms with E-state index in [1.807, 2.05) is 11.4 Å². The van der Waals surface area contributed by atoms with Crippen LogP contribution in [0.25, 0.3) is 0 Å². The summed E-state index contributed by atoms with van der Waals surface area (Å²) in [7, 11) is 0. The van der Waals surface area contributed by atoms with Gasteiger partial charge < -0.3 is 9.84 Å². The number of rotatable bonds is 4. The van der Waals surface area contributed by atoms with Crippen molar-refractivity contribution in [2.45, 2.75) is 13.0 Å². The molecule has 2 rings (SSSR count). The van der Waals surface area contributed by atoms with Gasteiger partial charge >= 0.3 is 0 Å². The summed E-state index contributed by atoms with van der Waals surface area (Å²) in [6.45, 7) is 0.324. The standard InChI is InChI=1S/C15H12ClFO2S/c16-13-5-3-6-14(15(13)17)19-9-12-8-11(10-20-12)4-1-2-7-18/h3,5-6,8,10,18H,2,7,9H2. The van der Waals surface area contributed by atoms with Gasteiger partial charge in [-0.3, -0.25) is 0 Å². The Morgan fingerprint density at radius 1 is 1.40 bits per heavy atom. The molecule has 2 aromatic rings. The molecular formula is C15H12ClFO2S. The Hall–Kier alpha value is -1.54. The number of aliphatic hydroxyl groups is 1. The van der Waals surface area contributed by atoms with E-state index < -0.39 is 5.82 Å². The van der Waals surface area contributed by atoms with Gasteiger partial charge in [0, 0.05) is 22.2 Å². The highest BCUT2D eigenvalue weighted by molar-refractivity contribution is 7.10. The average molecular weight is 311 g/mol. The van der Waals surface area contributed by atoms with Crippen LogP contribution in [0.4, 0.5) is 4.39 Å². The van der Waals surface area contributed by atoms with Crippen molar-refractivity contribution < 1.29 is 14.2 Å². The van der Waals surface area contributed by atoms with Gasteiger partial charge in [-0.25, -0.2) is 4.39 Å². The van der Waals surface area contributed by atoms with Crippen LogP contribution in [0.15, 0.2) is 29.6 Å². The van der Waals surface area contributed by atoms with Gasteiger partial charge in [-0.15, -0.1) is 11.3 Å². The van der Waals surface area contributed by atoms with Gasteiger partial charge in [0.15, 0.2) is 11.6 Å². The predicted octanol–water partition coefficient (Wildman–Crippen LogP) is 3.85. The van der Waals surface area contributed by atoms with Crippen LogP contribution < -0.4 is 4.74 Å². The van der Waals surface area contributed by atoms with Crippen molar-refractivity contribution in [3.8, 4) is 17.6 Å². The average Bonchev–Trinajstić information content (AvgIpc) is 2.89. The fourth-order valence-electron chi connectivity index (χ4n) is 1.49. The van der Waals surface area contributed by atoms with Crippen LogP contribution in [0.2, 0.25) is 5.02 Å². The molecule has 20 heavy (non-hydrogen) atoms. The number of benzene rings is 1. The molecule has 0 bridgehead atoms. The highest BCUT2D eigenvalue weighted by Crippen LogP contribution is 2.25. The number of ether oxygens (including phenoxy) is 1. The van der Waals surface area contributed by atoms with Gasteiger partial charge in [0.1, 0.15) is 6.61 Å². The lowest BCUT2D eigenvalue weighted by atomic mass is 10.3. The minimum Gasteiger partial charge on any atom is -0.485 e. The molecule has 0 aliphatic carbocycles. The van der Waals surface area contributed by atoms with E-state index in [-0.39, 0.29) is 24.0 Å². The third kappa shape index (κ3) is 3.97. The van der Waals surface area contributed by atoms with Crippen LogP contribution in [0.5, 0.6) is 5.75 Å². The van der Waals surface area contributed by atoms with Crippen molar-refractivity contribution in [1.29, 1.82) is 0 Å². The number of halogens is 2. The Labute approximate surface area is 125 Å². The molecule has 104 valence electrons. The van der Waals surface area contributed by atoms with E-state index in [2.05, 4.69) is 11.8 Å². The third-order valence-corrected chi connectivity index (χ3v) is 3.61. The highest BCUT2D eigenvalue weighted by atomic mass is 35.5. The molecule has 0 unspecified atom stereocenters. The van der Waals surface area contributed by atoms with Crippen molar-refractivity contribution in [2.24, 2.45) is 0 Å². The van der Waals surface area contributed by atoms with Gasteiger partial charge in [-0.2, -0.15) is 0 Å². The zero-order chi connectivity index (χ0) is 14.4. The third-order valence-electron chi connectivity index (χ3n) is 2.41. The predicted molar refractivity (Wildman–Crippen MR) is 78.6 cm³/mol. The molecule has 0 saturated heterocycles. The molecule has 0 aliphatic rings. The van der Waals surface area contributed by atoms with E-state index in [4.69, 9.17) is 21.4 Å². The van der Waals surface area contributed by atoms with Gasteiger partial charge in [0.25, 0.3) is 0 Å². The highest BCUT2D eigenvalue weighted by Gasteiger charge is 2.08. The fourth-order valence-corrected chi connectivity index (χ4v) is 2.38. The summed E-state index contributed by atoms with van der Waals surface area (Å²) in [6.07, 6.45) is 0.454. The molecule has 0 saturated carbocycles. The number of hydrogen-bond acceptors (Lipinski definition) is 3. The topological polar surface area (TPSA) is 29.5 Å². The summed E-state index contributed by atoms with van der Waals surface area (Å²) in [5.74, 6) is 5.37. The van der Waals surface area contributed by atoms with E-state index in [0.29, 0.717) is 6.42 Å². The zero-order valence-electron chi connectivity index (χ0n) is 10.5. The van der Waals surface area contributed by atoms with E-state index in [9.17, 15) is 4.39 Å². The largest absolute Gasteiger partial charge is 0.485 e. The second-order valence-corrected chi connectivity index (χ2v) is 5.32. The van der Waals surface area contributed by atoms with E-state index in [1.54, 1.807) is 6.07 Å². The van der Waals surface area contributed by atoms with Crippen molar-refractivity contribution in [1.82, 2.24) is 0 Å². The summed E-state index contributed by atoms with van der Waals surface area (Å²) in [6, 6.07) is 6.54. The van der Waals surface area contributed by atoms with Crippen LogP contribution in [0.1, 0.15) is 16.9 Å². The first-order valence-corrected chi connectivity index (χ1v) is 7.20. The zero-order valence-corrected chi connectivity index (χ0v) is 12.1. The summed E-state index contributed by atoms with van der Waals surface area (Å²) >= 11 is 7.17. The first-order chi connectivity index (χ1) is 9.70. The summed E-state index contributed by atoms with van der Waals surface area (Å²) < 4.78 is 19.0. The molecule has 1 N–H and O–H groups in total. The van der Waals surface area contributed by atoms with Crippen molar-refractivity contribution >= 4 is 22.9 Å². The first-order valence-electron chi connectivity index (χ1n) is 5.94. The number of thiophene rings is 1. The van der Waals surface area contributed by atoms with E-state index in [1.165, 1.54) is 23.5 Å². The summed E-state index contributed by atoms with van der Waals surface area (Å²) in [5, 5.41) is 10.6. The molecule has 5 heteroatoms. The quantitative estimate of drug-likeness (QED) is 0.869. The second-order valence-electron chi connectivity index (χ2n) is 3.92. The lowest BCUT2D eigenvalue weighted by molar-refractivity contribution is 0.293. The van der Waals surface area contributed by atoms with Crippen LogP contribution >= 0.6 is 22.9 Å². The molecule has 1 aromatic carbocycles. The van der Waals surface area contributed by atoms with Crippen molar-refractivity contribution in [3.05, 3.63) is 50.9 Å². The molecule has 0 fully saturated rings. The molecule has 0 amide bonds. The Balaban J connectivity index is 1.98. The molecule has 0 atom stereocenters. The Morgan fingerprint density at radius 2 is 2.25 bits per heavy atom. The van der Waals surface area contributed by atoms with Gasteiger partial charge in [0.05, 0.1) is 11.6 Å². The maximum absolute atomic E-state index is 13.6. The Kier molecular flexibility index (Phi) is 5.42. The fraction of sp³-hybridized carbons (Fsp3) is 0.200. The Bertz CT molecular complexity index is 643. The van der Waals surface area contributed by atoms with Crippen LogP contribution in [0, 0.1) is 17.7 Å². The smallest absolute Gasteiger partial charge is 0.183 e. The minimum absolute atomic E-state index is 0.0456. The Morgan fingerprint density at radius 3 is 3.05 bits per heavy atom. The molecule has 0 radical (unpaired) electrons. The first kappa shape index (κ1) is 14.9. The maximum atomic E-state index is 13.6. The molecule has 0 aliphatic heterocycles. The van der Waals surface area contributed by atoms with Crippen LogP contribution in [0.3, 0.4) is 0 Å². The summed E-state index contributed by atoms with van der Waals surface area (Å²) in [4.78, 5) is 0.942. The van der Waals surface area contributed by atoms with Crippen molar-refractivity contribution in [3.63, 3.8) is 0 Å². The SMILES string of the molecule is OCCC#Cc1csc(COc2cccc(Cl)c2F)c1. The number of aliphatic hydroxyl groups excluding tert-OH is 1. The molecule has 2 nitrogen and oxygen atoms in total. The monoisotopic (exact) mass is 310 g/mol. The van der Waals surface area contributed by atoms with Gasteiger partial charge in [-0.05, 0) is 18.2 Å². The van der Waals surface area contributed by atoms with E-state index in [0.717, 1.165) is 10.4 Å². The lowest BCUT2D eigenvalue weighted by Gasteiger charge is -2.06.